The lowest BCUT2D eigenvalue weighted by molar-refractivity contribution is -0.00785. The number of nitrogens with one attached hydrogen (secondary N) is 1. The fourth-order valence-electron chi connectivity index (χ4n) is 2.24. The Labute approximate surface area is 122 Å². The highest BCUT2D eigenvalue weighted by Crippen LogP contribution is 2.19. The molecule has 18 heavy (non-hydrogen) atoms. The maximum absolute atomic E-state index is 5.52. The Kier molecular flexibility index (Phi) is 6.11. The Morgan fingerprint density at radius 2 is 2.50 bits per heavy atom. The number of hydrogen-bond donors (Lipinski definition) is 1. The molecule has 0 radical (unpaired) electrons. The molecule has 0 aromatic carbocycles. The first-order valence-corrected chi connectivity index (χ1v) is 8.22. The van der Waals surface area contributed by atoms with Gasteiger partial charge in [0.05, 0.1) is 13.2 Å². The van der Waals surface area contributed by atoms with Gasteiger partial charge in [-0.1, -0.05) is 6.92 Å². The largest absolute Gasteiger partial charge is 0.378 e. The highest BCUT2D eigenvalue weighted by molar-refractivity contribution is 9.10. The lowest BCUT2D eigenvalue weighted by Crippen LogP contribution is -2.47. The molecule has 1 aliphatic rings. The molecule has 0 saturated carbocycles. The smallest absolute Gasteiger partial charge is 0.0622 e. The number of rotatable bonds is 6. The van der Waals surface area contributed by atoms with Gasteiger partial charge in [0.25, 0.3) is 0 Å². The van der Waals surface area contributed by atoms with Crippen molar-refractivity contribution in [2.75, 3.05) is 32.8 Å². The van der Waals surface area contributed by atoms with Gasteiger partial charge in [0.15, 0.2) is 0 Å². The van der Waals surface area contributed by atoms with Gasteiger partial charge in [-0.25, -0.2) is 0 Å². The molecular weight excluding hydrogens is 312 g/mol. The maximum Gasteiger partial charge on any atom is 0.0622 e. The van der Waals surface area contributed by atoms with Crippen molar-refractivity contribution in [1.29, 1.82) is 0 Å². The topological polar surface area (TPSA) is 24.5 Å². The number of morpholine rings is 1. The van der Waals surface area contributed by atoms with Crippen LogP contribution in [0.2, 0.25) is 0 Å². The molecule has 1 aromatic rings. The van der Waals surface area contributed by atoms with Crippen LogP contribution < -0.4 is 5.32 Å². The molecular formula is C13H21BrN2OS. The Balaban J connectivity index is 1.65. The lowest BCUT2D eigenvalue weighted by Gasteiger charge is -2.35. The third kappa shape index (κ3) is 4.31. The molecule has 1 saturated heterocycles. The summed E-state index contributed by atoms with van der Waals surface area (Å²) in [5.74, 6) is 0. The standard InChI is InChI=1S/C13H21BrN2OS/c1-2-12-9-17-6-5-16(12)4-3-15-8-13-7-11(14)10-18-13/h7,10,12,15H,2-6,8-9H2,1H3. The van der Waals surface area contributed by atoms with Gasteiger partial charge in [0, 0.05) is 47.0 Å². The van der Waals surface area contributed by atoms with Crippen LogP contribution >= 0.6 is 27.3 Å². The Bertz CT molecular complexity index is 359. The van der Waals surface area contributed by atoms with Gasteiger partial charge in [-0.15, -0.1) is 11.3 Å². The van der Waals surface area contributed by atoms with Crippen LogP contribution in [0.25, 0.3) is 0 Å². The summed E-state index contributed by atoms with van der Waals surface area (Å²) in [5.41, 5.74) is 0. The van der Waals surface area contributed by atoms with E-state index >= 15 is 0 Å². The first-order chi connectivity index (χ1) is 8.79. The lowest BCUT2D eigenvalue weighted by atomic mass is 10.2. The number of thiophene rings is 1. The normalized spacial score (nSPS) is 21.3. The van der Waals surface area contributed by atoms with Crippen molar-refractivity contribution in [2.24, 2.45) is 0 Å². The van der Waals surface area contributed by atoms with Gasteiger partial charge in [0.2, 0.25) is 0 Å². The van der Waals surface area contributed by atoms with Crippen molar-refractivity contribution >= 4 is 27.3 Å². The molecule has 0 spiro atoms. The van der Waals surface area contributed by atoms with E-state index in [0.717, 1.165) is 39.4 Å². The molecule has 1 N–H and O–H groups in total. The first kappa shape index (κ1) is 14.5. The summed E-state index contributed by atoms with van der Waals surface area (Å²) < 4.78 is 6.70. The van der Waals surface area contributed by atoms with Crippen LogP contribution in [0.3, 0.4) is 0 Å². The van der Waals surface area contributed by atoms with Gasteiger partial charge >= 0.3 is 0 Å². The van der Waals surface area contributed by atoms with Crippen LogP contribution in [0.4, 0.5) is 0 Å². The fourth-order valence-corrected chi connectivity index (χ4v) is 3.66. The summed E-state index contributed by atoms with van der Waals surface area (Å²) >= 11 is 5.28. The van der Waals surface area contributed by atoms with E-state index in [2.05, 4.69) is 44.5 Å². The molecule has 3 nitrogen and oxygen atoms in total. The van der Waals surface area contributed by atoms with E-state index < -0.39 is 0 Å². The molecule has 2 heterocycles. The van der Waals surface area contributed by atoms with Crippen LogP contribution in [0.5, 0.6) is 0 Å². The third-order valence-electron chi connectivity index (χ3n) is 3.32. The molecule has 5 heteroatoms. The van der Waals surface area contributed by atoms with Crippen molar-refractivity contribution in [1.82, 2.24) is 10.2 Å². The monoisotopic (exact) mass is 332 g/mol. The molecule has 1 fully saturated rings. The highest BCUT2D eigenvalue weighted by Gasteiger charge is 2.20. The zero-order valence-corrected chi connectivity index (χ0v) is 13.2. The van der Waals surface area contributed by atoms with E-state index in [1.54, 1.807) is 11.3 Å². The summed E-state index contributed by atoms with van der Waals surface area (Å²) in [4.78, 5) is 3.93. The second kappa shape index (κ2) is 7.60. The Morgan fingerprint density at radius 1 is 1.61 bits per heavy atom. The predicted octanol–water partition coefficient (Wildman–Crippen LogP) is 2.71. The molecule has 102 valence electrons. The van der Waals surface area contributed by atoms with Gasteiger partial charge < -0.3 is 10.1 Å². The van der Waals surface area contributed by atoms with E-state index in [1.807, 2.05) is 0 Å². The molecule has 1 aromatic heterocycles. The van der Waals surface area contributed by atoms with E-state index in [1.165, 1.54) is 15.8 Å². The van der Waals surface area contributed by atoms with Crippen molar-refractivity contribution in [3.63, 3.8) is 0 Å². The number of ether oxygens (including phenoxy) is 1. The summed E-state index contributed by atoms with van der Waals surface area (Å²) in [6.07, 6.45) is 1.18. The minimum absolute atomic E-state index is 0.608. The average Bonchev–Trinajstić information content (AvgIpc) is 2.81. The zero-order valence-electron chi connectivity index (χ0n) is 10.8. The molecule has 0 aliphatic carbocycles. The third-order valence-corrected chi connectivity index (χ3v) is 5.02. The first-order valence-electron chi connectivity index (χ1n) is 6.55. The Hall–Kier alpha value is 0.0600. The molecule has 1 aliphatic heterocycles. The number of halogens is 1. The summed E-state index contributed by atoms with van der Waals surface area (Å²) in [6, 6.07) is 2.79. The summed E-state index contributed by atoms with van der Waals surface area (Å²) in [7, 11) is 0. The van der Waals surface area contributed by atoms with Crippen LogP contribution in [0.15, 0.2) is 15.9 Å². The average molecular weight is 333 g/mol. The summed E-state index contributed by atoms with van der Waals surface area (Å²) in [6.45, 7) is 8.23. The van der Waals surface area contributed by atoms with E-state index in [-0.39, 0.29) is 0 Å². The fraction of sp³-hybridized carbons (Fsp3) is 0.692. The van der Waals surface area contributed by atoms with Gasteiger partial charge in [-0.3, -0.25) is 4.90 Å². The minimum atomic E-state index is 0.608. The van der Waals surface area contributed by atoms with Crippen LogP contribution in [-0.2, 0) is 11.3 Å². The predicted molar refractivity (Wildman–Crippen MR) is 80.2 cm³/mol. The van der Waals surface area contributed by atoms with E-state index in [4.69, 9.17) is 4.74 Å². The Morgan fingerprint density at radius 3 is 3.22 bits per heavy atom. The van der Waals surface area contributed by atoms with Gasteiger partial charge in [-0.05, 0) is 28.4 Å². The second-order valence-corrected chi connectivity index (χ2v) is 6.49. The van der Waals surface area contributed by atoms with Crippen LogP contribution in [0.1, 0.15) is 18.2 Å². The van der Waals surface area contributed by atoms with Gasteiger partial charge in [0.1, 0.15) is 0 Å². The summed E-state index contributed by atoms with van der Waals surface area (Å²) in [5, 5.41) is 5.65. The number of nitrogens with zero attached hydrogens (tertiary/aromatic N) is 1. The molecule has 0 bridgehead atoms. The minimum Gasteiger partial charge on any atom is -0.378 e. The molecule has 0 amide bonds. The van der Waals surface area contributed by atoms with Crippen LogP contribution in [0, 0.1) is 0 Å². The molecule has 1 atom stereocenters. The second-order valence-electron chi connectivity index (χ2n) is 4.58. The van der Waals surface area contributed by atoms with Gasteiger partial charge in [-0.2, -0.15) is 0 Å². The quantitative estimate of drug-likeness (QED) is 0.810. The molecule has 2 rings (SSSR count). The van der Waals surface area contributed by atoms with E-state index in [0.29, 0.717) is 6.04 Å². The zero-order chi connectivity index (χ0) is 12.8. The molecule has 1 unspecified atom stereocenters. The van der Waals surface area contributed by atoms with Crippen molar-refractivity contribution < 1.29 is 4.74 Å². The number of hydrogen-bond acceptors (Lipinski definition) is 4. The highest BCUT2D eigenvalue weighted by atomic mass is 79.9. The van der Waals surface area contributed by atoms with Crippen molar-refractivity contribution in [3.8, 4) is 0 Å². The van der Waals surface area contributed by atoms with Crippen molar-refractivity contribution in [2.45, 2.75) is 25.9 Å². The van der Waals surface area contributed by atoms with Crippen molar-refractivity contribution in [3.05, 3.63) is 20.8 Å². The maximum atomic E-state index is 5.52. The SMILES string of the molecule is CCC1COCCN1CCNCc1cc(Br)cs1. The van der Waals surface area contributed by atoms with Crippen LogP contribution in [-0.4, -0.2) is 43.8 Å². The van der Waals surface area contributed by atoms with E-state index in [9.17, 15) is 0 Å².